The summed E-state index contributed by atoms with van der Waals surface area (Å²) in [6.07, 6.45) is 4.77. The van der Waals surface area contributed by atoms with Gasteiger partial charge in [-0.1, -0.05) is 18.2 Å². The van der Waals surface area contributed by atoms with Gasteiger partial charge in [0.25, 0.3) is 0 Å². The molecule has 0 aromatic rings. The summed E-state index contributed by atoms with van der Waals surface area (Å²) in [6, 6.07) is 0. The Morgan fingerprint density at radius 2 is 2.40 bits per heavy atom. The molecule has 0 aromatic heterocycles. The molecule has 0 spiro atoms. The normalized spacial score (nSPS) is 20.5. The Hall–Kier alpha value is -1.29. The molecule has 0 heterocycles. The second kappa shape index (κ2) is 4.98. The predicted molar refractivity (Wildman–Crippen MR) is 59.7 cm³/mol. The van der Waals surface area contributed by atoms with Gasteiger partial charge in [-0.3, -0.25) is 10.1 Å². The lowest BCUT2D eigenvalue weighted by molar-refractivity contribution is -0.429. The van der Waals surface area contributed by atoms with E-state index in [1.54, 1.807) is 6.08 Å². The number of rotatable bonds is 4. The summed E-state index contributed by atoms with van der Waals surface area (Å²) in [5, 5.41) is 11.1. The largest absolute Gasteiger partial charge is 0.402 e. The molecule has 0 bridgehead atoms. The van der Waals surface area contributed by atoms with E-state index in [2.05, 4.69) is 6.58 Å². The summed E-state index contributed by atoms with van der Waals surface area (Å²) in [7, 11) is 0. The fourth-order valence-corrected chi connectivity index (χ4v) is 1.61. The molecule has 4 nitrogen and oxygen atoms in total. The van der Waals surface area contributed by atoms with E-state index in [9.17, 15) is 10.1 Å². The molecule has 15 heavy (non-hydrogen) atoms. The van der Waals surface area contributed by atoms with Crippen molar-refractivity contribution in [3.05, 3.63) is 45.3 Å². The molecule has 0 radical (unpaired) electrons. The van der Waals surface area contributed by atoms with E-state index in [0.29, 0.717) is 30.0 Å². The molecule has 0 unspecified atom stereocenters. The van der Waals surface area contributed by atoms with Crippen LogP contribution in [-0.2, 0) is 0 Å². The Bertz CT molecular complexity index is 347. The molecule has 5 heteroatoms. The van der Waals surface area contributed by atoms with Crippen molar-refractivity contribution in [1.29, 1.82) is 0 Å². The van der Waals surface area contributed by atoms with Crippen molar-refractivity contribution in [2.45, 2.75) is 19.3 Å². The highest BCUT2D eigenvalue weighted by Crippen LogP contribution is 2.28. The summed E-state index contributed by atoms with van der Waals surface area (Å²) < 4.78 is 0. The number of halogens is 1. The van der Waals surface area contributed by atoms with Crippen molar-refractivity contribution in [2.75, 3.05) is 0 Å². The summed E-state index contributed by atoms with van der Waals surface area (Å²) >= 11 is 5.64. The molecule has 1 aliphatic rings. The van der Waals surface area contributed by atoms with Crippen LogP contribution in [0.4, 0.5) is 0 Å². The van der Waals surface area contributed by atoms with E-state index in [-0.39, 0.29) is 16.5 Å². The van der Waals surface area contributed by atoms with Gasteiger partial charge in [-0.25, -0.2) is 0 Å². The fraction of sp³-hybridized carbons (Fsp3) is 0.400. The van der Waals surface area contributed by atoms with Crippen LogP contribution in [0.1, 0.15) is 19.3 Å². The molecule has 0 saturated carbocycles. The van der Waals surface area contributed by atoms with Gasteiger partial charge < -0.3 is 5.73 Å². The van der Waals surface area contributed by atoms with Crippen LogP contribution in [0.15, 0.2) is 35.2 Å². The van der Waals surface area contributed by atoms with Crippen LogP contribution < -0.4 is 5.73 Å². The van der Waals surface area contributed by atoms with Crippen LogP contribution >= 0.6 is 11.6 Å². The quantitative estimate of drug-likeness (QED) is 0.594. The summed E-state index contributed by atoms with van der Waals surface area (Å²) in [4.78, 5) is 10.2. The van der Waals surface area contributed by atoms with E-state index < -0.39 is 0 Å². The second-order valence-corrected chi connectivity index (χ2v) is 4.07. The third kappa shape index (κ3) is 3.40. The zero-order valence-corrected chi connectivity index (χ0v) is 9.04. The van der Waals surface area contributed by atoms with Crippen molar-refractivity contribution in [2.24, 2.45) is 11.7 Å². The smallest absolute Gasteiger partial charge is 0.246 e. The van der Waals surface area contributed by atoms with Crippen molar-refractivity contribution < 1.29 is 4.92 Å². The molecule has 82 valence electrons. The third-order valence-electron chi connectivity index (χ3n) is 2.39. The van der Waals surface area contributed by atoms with Crippen molar-refractivity contribution in [3.63, 3.8) is 0 Å². The Kier molecular flexibility index (Phi) is 3.91. The van der Waals surface area contributed by atoms with Gasteiger partial charge in [0.1, 0.15) is 0 Å². The van der Waals surface area contributed by atoms with Crippen LogP contribution in [0.5, 0.6) is 0 Å². The van der Waals surface area contributed by atoms with E-state index in [4.69, 9.17) is 17.3 Å². The van der Waals surface area contributed by atoms with Crippen LogP contribution in [0, 0.1) is 16.0 Å². The monoisotopic (exact) mass is 228 g/mol. The molecule has 1 aliphatic carbocycles. The molecule has 0 aromatic carbocycles. The Morgan fingerprint density at radius 1 is 1.73 bits per heavy atom. The fourth-order valence-electron chi connectivity index (χ4n) is 1.50. The first kappa shape index (κ1) is 11.8. The van der Waals surface area contributed by atoms with Gasteiger partial charge in [-0.15, -0.1) is 0 Å². The average Bonchev–Trinajstić information content (AvgIpc) is 2.16. The van der Waals surface area contributed by atoms with E-state index in [1.807, 2.05) is 0 Å². The maximum atomic E-state index is 10.6. The van der Waals surface area contributed by atoms with Crippen LogP contribution in [-0.4, -0.2) is 4.92 Å². The first-order valence-corrected chi connectivity index (χ1v) is 5.02. The first-order valence-electron chi connectivity index (χ1n) is 4.64. The minimum atomic E-state index is -0.370. The minimum Gasteiger partial charge on any atom is -0.402 e. The molecule has 0 saturated heterocycles. The van der Waals surface area contributed by atoms with E-state index in [1.165, 1.54) is 6.08 Å². The number of allylic oxidation sites excluding steroid dienone is 5. The summed E-state index contributed by atoms with van der Waals surface area (Å²) in [6.45, 7) is 3.58. The number of hydrogen-bond donors (Lipinski definition) is 1. The molecular weight excluding hydrogens is 216 g/mol. The van der Waals surface area contributed by atoms with Gasteiger partial charge in [0, 0.05) is 29.1 Å². The van der Waals surface area contributed by atoms with E-state index in [0.717, 1.165) is 0 Å². The SMILES string of the molecule is C=C(Cl)CC[C@@H]1CC([N+](=O)[O-])=CC=C1N. The Morgan fingerprint density at radius 3 is 2.93 bits per heavy atom. The van der Waals surface area contributed by atoms with E-state index >= 15 is 0 Å². The molecule has 0 aliphatic heterocycles. The second-order valence-electron chi connectivity index (χ2n) is 3.54. The molecule has 2 N–H and O–H groups in total. The van der Waals surface area contributed by atoms with Crippen LogP contribution in [0.2, 0.25) is 0 Å². The number of nitrogens with zero attached hydrogens (tertiary/aromatic N) is 1. The van der Waals surface area contributed by atoms with Gasteiger partial charge in [0.2, 0.25) is 5.70 Å². The zero-order valence-electron chi connectivity index (χ0n) is 8.28. The maximum Gasteiger partial charge on any atom is 0.246 e. The van der Waals surface area contributed by atoms with Crippen molar-refractivity contribution >= 4 is 11.6 Å². The third-order valence-corrected chi connectivity index (χ3v) is 2.58. The Labute approximate surface area is 93.2 Å². The lowest BCUT2D eigenvalue weighted by atomic mass is 9.91. The van der Waals surface area contributed by atoms with Crippen molar-refractivity contribution in [3.8, 4) is 0 Å². The maximum absolute atomic E-state index is 10.6. The Balaban J connectivity index is 2.62. The van der Waals surface area contributed by atoms with Gasteiger partial charge >= 0.3 is 0 Å². The predicted octanol–water partition coefficient (Wildman–Crippen LogP) is 2.54. The number of nitro groups is 1. The summed E-state index contributed by atoms with van der Waals surface area (Å²) in [5.41, 5.74) is 6.63. The molecule has 0 fully saturated rings. The number of nitrogens with two attached hydrogens (primary N) is 1. The lowest BCUT2D eigenvalue weighted by Gasteiger charge is -2.18. The van der Waals surface area contributed by atoms with Crippen LogP contribution in [0.25, 0.3) is 0 Å². The highest BCUT2D eigenvalue weighted by molar-refractivity contribution is 6.29. The first-order chi connectivity index (χ1) is 7.00. The average molecular weight is 229 g/mol. The molecule has 0 amide bonds. The van der Waals surface area contributed by atoms with Crippen LogP contribution in [0.3, 0.4) is 0 Å². The van der Waals surface area contributed by atoms with Gasteiger partial charge in [-0.2, -0.15) is 0 Å². The molecule has 1 atom stereocenters. The topological polar surface area (TPSA) is 69.2 Å². The highest BCUT2D eigenvalue weighted by Gasteiger charge is 2.23. The minimum absolute atomic E-state index is 0.00546. The molecule has 1 rings (SSSR count). The standard InChI is InChI=1S/C10H13ClN2O2/c1-7(11)2-3-8-6-9(13(14)15)4-5-10(8)12/h4-5,8H,1-3,6,12H2/t8-/m1/s1. The highest BCUT2D eigenvalue weighted by atomic mass is 35.5. The molecular formula is C10H13ClN2O2. The number of hydrogen-bond acceptors (Lipinski definition) is 3. The summed E-state index contributed by atoms with van der Waals surface area (Å²) in [5.74, 6) is 0.00546. The van der Waals surface area contributed by atoms with Gasteiger partial charge in [0.15, 0.2) is 0 Å². The van der Waals surface area contributed by atoms with Gasteiger partial charge in [-0.05, 0) is 18.9 Å². The van der Waals surface area contributed by atoms with Gasteiger partial charge in [0.05, 0.1) is 4.92 Å². The lowest BCUT2D eigenvalue weighted by Crippen LogP contribution is -2.18. The van der Waals surface area contributed by atoms with Crippen molar-refractivity contribution in [1.82, 2.24) is 0 Å². The zero-order chi connectivity index (χ0) is 11.4.